The summed E-state index contributed by atoms with van der Waals surface area (Å²) in [5.41, 5.74) is 1.80. The van der Waals surface area contributed by atoms with Crippen LogP contribution in [0.3, 0.4) is 0 Å². The van der Waals surface area contributed by atoms with Gasteiger partial charge in [-0.2, -0.15) is 0 Å². The third kappa shape index (κ3) is 4.53. The Labute approximate surface area is 157 Å². The molecule has 0 aromatic heterocycles. The fourth-order valence-electron chi connectivity index (χ4n) is 2.44. The van der Waals surface area contributed by atoms with E-state index in [1.807, 2.05) is 48.5 Å². The fourth-order valence-corrected chi connectivity index (χ4v) is 3.58. The first-order valence-corrected chi connectivity index (χ1v) is 9.33. The molecule has 0 radical (unpaired) electrons. The number of halogens is 1. The van der Waals surface area contributed by atoms with Crippen molar-refractivity contribution in [2.75, 3.05) is 6.54 Å². The van der Waals surface area contributed by atoms with Gasteiger partial charge in [0, 0.05) is 11.6 Å². The van der Waals surface area contributed by atoms with E-state index in [1.165, 1.54) is 11.8 Å². The summed E-state index contributed by atoms with van der Waals surface area (Å²) in [6.45, 7) is 4.83. The van der Waals surface area contributed by atoms with Crippen LogP contribution in [0.1, 0.15) is 19.4 Å². The number of rotatable bonds is 4. The van der Waals surface area contributed by atoms with Crippen molar-refractivity contribution in [2.45, 2.75) is 13.8 Å². The number of hydrogen-bond acceptors (Lipinski definition) is 3. The Morgan fingerprint density at radius 2 is 1.80 bits per heavy atom. The molecule has 1 aliphatic heterocycles. The summed E-state index contributed by atoms with van der Waals surface area (Å²) in [7, 11) is 0. The van der Waals surface area contributed by atoms with Gasteiger partial charge in [-0.15, -0.1) is 0 Å². The predicted molar refractivity (Wildman–Crippen MR) is 107 cm³/mol. The normalized spacial score (nSPS) is 17.9. The monoisotopic (exact) mass is 370 g/mol. The summed E-state index contributed by atoms with van der Waals surface area (Å²) in [4.78, 5) is 20.0. The number of benzene rings is 2. The minimum Gasteiger partial charge on any atom is -0.286 e. The zero-order valence-corrected chi connectivity index (χ0v) is 15.7. The fraction of sp³-hybridized carbons (Fsp3) is 0.200. The average Bonchev–Trinajstić information content (AvgIpc) is 2.86. The smallest absolute Gasteiger partial charge is 0.266 e. The Morgan fingerprint density at radius 3 is 2.44 bits per heavy atom. The van der Waals surface area contributed by atoms with Gasteiger partial charge in [-0.3, -0.25) is 9.69 Å². The minimum atomic E-state index is 0.00951. The highest BCUT2D eigenvalue weighted by atomic mass is 35.5. The van der Waals surface area contributed by atoms with Gasteiger partial charge in [-0.05, 0) is 53.6 Å². The molecule has 0 saturated carbocycles. The van der Waals surface area contributed by atoms with Crippen molar-refractivity contribution >= 4 is 46.2 Å². The van der Waals surface area contributed by atoms with E-state index in [2.05, 4.69) is 18.8 Å². The summed E-state index contributed by atoms with van der Waals surface area (Å²) < 4.78 is 0. The van der Waals surface area contributed by atoms with Crippen LogP contribution in [0.15, 0.2) is 64.5 Å². The second-order valence-electron chi connectivity index (χ2n) is 6.20. The number of amidine groups is 1. The molecule has 0 atom stereocenters. The van der Waals surface area contributed by atoms with Gasteiger partial charge in [0.2, 0.25) is 0 Å². The van der Waals surface area contributed by atoms with E-state index in [4.69, 9.17) is 11.6 Å². The summed E-state index contributed by atoms with van der Waals surface area (Å²) in [5.74, 6) is 0.367. The number of nitrogens with zero attached hydrogens (tertiary/aromatic N) is 2. The minimum absolute atomic E-state index is 0.00951. The Balaban J connectivity index is 1.94. The first-order valence-electron chi connectivity index (χ1n) is 8.13. The second kappa shape index (κ2) is 7.89. The standard InChI is InChI=1S/C20H19ClN2OS/c1-14(2)13-23-19(24)18(12-15-6-4-3-5-7-15)25-20(23)22-17-10-8-16(21)9-11-17/h3-12,14H,13H2,1-2H3/b18-12-,22-20?. The van der Waals surface area contributed by atoms with E-state index in [-0.39, 0.29) is 5.91 Å². The summed E-state index contributed by atoms with van der Waals surface area (Å²) in [5, 5.41) is 1.38. The van der Waals surface area contributed by atoms with Crippen LogP contribution in [0.4, 0.5) is 5.69 Å². The Hall–Kier alpha value is -2.04. The second-order valence-corrected chi connectivity index (χ2v) is 7.65. The van der Waals surface area contributed by atoms with E-state index in [9.17, 15) is 4.79 Å². The molecule has 1 heterocycles. The summed E-state index contributed by atoms with van der Waals surface area (Å²) in [6.07, 6.45) is 1.92. The zero-order chi connectivity index (χ0) is 17.8. The quantitative estimate of drug-likeness (QED) is 0.656. The van der Waals surface area contributed by atoms with Gasteiger partial charge in [0.05, 0.1) is 10.6 Å². The van der Waals surface area contributed by atoms with Crippen molar-refractivity contribution in [2.24, 2.45) is 10.9 Å². The Morgan fingerprint density at radius 1 is 1.12 bits per heavy atom. The molecule has 3 nitrogen and oxygen atoms in total. The van der Waals surface area contributed by atoms with Gasteiger partial charge in [-0.1, -0.05) is 55.8 Å². The van der Waals surface area contributed by atoms with Crippen molar-refractivity contribution in [1.29, 1.82) is 0 Å². The van der Waals surface area contributed by atoms with Gasteiger partial charge in [0.15, 0.2) is 5.17 Å². The largest absolute Gasteiger partial charge is 0.286 e. The lowest BCUT2D eigenvalue weighted by Gasteiger charge is -2.17. The molecule has 3 rings (SSSR count). The van der Waals surface area contributed by atoms with Gasteiger partial charge in [0.1, 0.15) is 0 Å². The lowest BCUT2D eigenvalue weighted by atomic mass is 10.2. The van der Waals surface area contributed by atoms with Crippen LogP contribution in [0.5, 0.6) is 0 Å². The molecule has 1 amide bonds. The first-order chi connectivity index (χ1) is 12.0. The SMILES string of the molecule is CC(C)CN1C(=O)/C(=C/c2ccccc2)SC1=Nc1ccc(Cl)cc1. The van der Waals surface area contributed by atoms with Crippen molar-refractivity contribution in [3.63, 3.8) is 0 Å². The molecule has 1 fully saturated rings. The molecule has 2 aromatic rings. The average molecular weight is 371 g/mol. The van der Waals surface area contributed by atoms with E-state index >= 15 is 0 Å². The van der Waals surface area contributed by atoms with Crippen LogP contribution < -0.4 is 0 Å². The molecule has 0 unspecified atom stereocenters. The van der Waals surface area contributed by atoms with Crippen LogP contribution in [-0.2, 0) is 4.79 Å². The molecule has 0 spiro atoms. The number of carbonyl (C=O) groups is 1. The van der Waals surface area contributed by atoms with E-state index in [0.29, 0.717) is 27.6 Å². The van der Waals surface area contributed by atoms with Crippen LogP contribution in [-0.4, -0.2) is 22.5 Å². The van der Waals surface area contributed by atoms with E-state index < -0.39 is 0 Å². The number of thioether (sulfide) groups is 1. The molecule has 0 aliphatic carbocycles. The zero-order valence-electron chi connectivity index (χ0n) is 14.1. The van der Waals surface area contributed by atoms with Crippen LogP contribution in [0, 0.1) is 5.92 Å². The molecule has 1 aliphatic rings. The molecule has 0 bridgehead atoms. The van der Waals surface area contributed by atoms with Crippen molar-refractivity contribution < 1.29 is 4.79 Å². The lowest BCUT2D eigenvalue weighted by molar-refractivity contribution is -0.122. The third-order valence-corrected chi connectivity index (χ3v) is 4.84. The summed E-state index contributed by atoms with van der Waals surface area (Å²) in [6, 6.07) is 17.2. The highest BCUT2D eigenvalue weighted by molar-refractivity contribution is 8.18. The third-order valence-electron chi connectivity index (χ3n) is 3.58. The van der Waals surface area contributed by atoms with Gasteiger partial charge < -0.3 is 0 Å². The number of hydrogen-bond donors (Lipinski definition) is 0. The van der Waals surface area contributed by atoms with Crippen molar-refractivity contribution in [1.82, 2.24) is 4.90 Å². The molecular weight excluding hydrogens is 352 g/mol. The molecule has 1 saturated heterocycles. The van der Waals surface area contributed by atoms with Crippen LogP contribution in [0.2, 0.25) is 5.02 Å². The van der Waals surface area contributed by atoms with Crippen LogP contribution in [0.25, 0.3) is 6.08 Å². The summed E-state index contributed by atoms with van der Waals surface area (Å²) >= 11 is 7.35. The molecule has 2 aromatic carbocycles. The predicted octanol–water partition coefficient (Wildman–Crippen LogP) is 5.60. The van der Waals surface area contributed by atoms with Crippen LogP contribution >= 0.6 is 23.4 Å². The lowest BCUT2D eigenvalue weighted by Crippen LogP contribution is -2.32. The Bertz CT molecular complexity index is 813. The molecular formula is C20H19ClN2OS. The maximum Gasteiger partial charge on any atom is 0.266 e. The van der Waals surface area contributed by atoms with Crippen molar-refractivity contribution in [3.05, 3.63) is 70.1 Å². The number of carbonyl (C=O) groups excluding carboxylic acids is 1. The van der Waals surface area contributed by atoms with Crippen molar-refractivity contribution in [3.8, 4) is 0 Å². The van der Waals surface area contributed by atoms with Gasteiger partial charge in [0.25, 0.3) is 5.91 Å². The maximum absolute atomic E-state index is 12.8. The Kier molecular flexibility index (Phi) is 5.61. The number of aliphatic imine (C=N–C) groups is 1. The maximum atomic E-state index is 12.8. The van der Waals surface area contributed by atoms with Gasteiger partial charge in [-0.25, -0.2) is 4.99 Å². The molecule has 128 valence electrons. The molecule has 0 N–H and O–H groups in total. The van der Waals surface area contributed by atoms with E-state index in [0.717, 1.165) is 11.3 Å². The molecule has 5 heteroatoms. The van der Waals surface area contributed by atoms with Gasteiger partial charge >= 0.3 is 0 Å². The number of amides is 1. The first kappa shape index (κ1) is 17.8. The topological polar surface area (TPSA) is 32.7 Å². The van der Waals surface area contributed by atoms with E-state index in [1.54, 1.807) is 17.0 Å². The highest BCUT2D eigenvalue weighted by Gasteiger charge is 2.33. The highest BCUT2D eigenvalue weighted by Crippen LogP contribution is 2.34. The molecule has 25 heavy (non-hydrogen) atoms.